The molecule has 1 aliphatic carbocycles. The van der Waals surface area contributed by atoms with Gasteiger partial charge in [0.15, 0.2) is 0 Å². The first-order valence-electron chi connectivity index (χ1n) is 10.1. The summed E-state index contributed by atoms with van der Waals surface area (Å²) in [7, 11) is 0. The second kappa shape index (κ2) is 9.11. The monoisotopic (exact) mass is 333 g/mol. The number of nitrogens with one attached hydrogen (secondary N) is 1. The van der Waals surface area contributed by atoms with Crippen molar-refractivity contribution in [3.63, 3.8) is 0 Å². The van der Waals surface area contributed by atoms with Crippen LogP contribution in [0.2, 0.25) is 0 Å². The molecule has 0 amide bonds. The van der Waals surface area contributed by atoms with Crippen LogP contribution in [-0.4, -0.2) is 6.54 Å². The van der Waals surface area contributed by atoms with Gasteiger partial charge in [0, 0.05) is 12.2 Å². The smallest absolute Gasteiger partial charge is 0.0172 e. The van der Waals surface area contributed by atoms with Crippen molar-refractivity contribution in [1.29, 1.82) is 0 Å². The Balaban J connectivity index is 2.73. The molecule has 1 nitrogen and oxygen atoms in total. The SMILES string of the molecule is C=CCC(CC(CC(C)(C)C)C(=C)NCC1CC1)CC(C)(C)CC. The predicted molar refractivity (Wildman–Crippen MR) is 109 cm³/mol. The van der Waals surface area contributed by atoms with Gasteiger partial charge in [0.2, 0.25) is 0 Å². The molecule has 0 aromatic heterocycles. The number of allylic oxidation sites excluding steroid dienone is 2. The molecule has 0 bridgehead atoms. The number of hydrogen-bond acceptors (Lipinski definition) is 1. The van der Waals surface area contributed by atoms with Gasteiger partial charge in [-0.1, -0.05) is 60.6 Å². The van der Waals surface area contributed by atoms with Gasteiger partial charge in [-0.2, -0.15) is 0 Å². The van der Waals surface area contributed by atoms with Crippen molar-refractivity contribution in [2.45, 2.75) is 86.5 Å². The second-order valence-corrected chi connectivity index (χ2v) is 10.2. The van der Waals surface area contributed by atoms with E-state index >= 15 is 0 Å². The zero-order chi connectivity index (χ0) is 18.4. The molecule has 1 fully saturated rings. The van der Waals surface area contributed by atoms with Gasteiger partial charge in [0.05, 0.1) is 0 Å². The Morgan fingerprint density at radius 2 is 1.79 bits per heavy atom. The Morgan fingerprint density at radius 3 is 2.25 bits per heavy atom. The van der Waals surface area contributed by atoms with Crippen LogP contribution in [0.3, 0.4) is 0 Å². The molecular weight excluding hydrogens is 290 g/mol. The van der Waals surface area contributed by atoms with Crippen LogP contribution in [0, 0.1) is 28.6 Å². The first-order valence-corrected chi connectivity index (χ1v) is 10.1. The van der Waals surface area contributed by atoms with Crippen LogP contribution in [0.5, 0.6) is 0 Å². The van der Waals surface area contributed by atoms with Gasteiger partial charge in [-0.25, -0.2) is 0 Å². The predicted octanol–water partition coefficient (Wildman–Crippen LogP) is 6.96. The fourth-order valence-corrected chi connectivity index (χ4v) is 3.66. The molecule has 0 aliphatic heterocycles. The van der Waals surface area contributed by atoms with Crippen LogP contribution in [0.4, 0.5) is 0 Å². The van der Waals surface area contributed by atoms with Crippen LogP contribution in [0.15, 0.2) is 24.9 Å². The number of hydrogen-bond donors (Lipinski definition) is 1. The van der Waals surface area contributed by atoms with Crippen LogP contribution < -0.4 is 5.32 Å². The lowest BCUT2D eigenvalue weighted by Gasteiger charge is -2.34. The van der Waals surface area contributed by atoms with Crippen molar-refractivity contribution in [2.75, 3.05) is 6.54 Å². The highest BCUT2D eigenvalue weighted by Crippen LogP contribution is 2.38. The third-order valence-electron chi connectivity index (χ3n) is 5.58. The van der Waals surface area contributed by atoms with Crippen molar-refractivity contribution >= 4 is 0 Å². The normalized spacial score (nSPS) is 18.1. The lowest BCUT2D eigenvalue weighted by Crippen LogP contribution is -2.28. The first kappa shape index (κ1) is 21.3. The Hall–Kier alpha value is -0.720. The van der Waals surface area contributed by atoms with Crippen molar-refractivity contribution in [3.05, 3.63) is 24.9 Å². The van der Waals surface area contributed by atoms with E-state index in [1.54, 1.807) is 0 Å². The molecule has 0 saturated heterocycles. The molecule has 0 radical (unpaired) electrons. The van der Waals surface area contributed by atoms with E-state index in [1.165, 1.54) is 44.2 Å². The van der Waals surface area contributed by atoms with E-state index in [-0.39, 0.29) is 0 Å². The van der Waals surface area contributed by atoms with Gasteiger partial charge in [-0.3, -0.25) is 0 Å². The van der Waals surface area contributed by atoms with Crippen molar-refractivity contribution in [3.8, 4) is 0 Å². The molecule has 0 aromatic carbocycles. The molecule has 1 aliphatic rings. The minimum absolute atomic E-state index is 0.341. The van der Waals surface area contributed by atoms with Crippen LogP contribution in [0.1, 0.15) is 86.5 Å². The van der Waals surface area contributed by atoms with Crippen molar-refractivity contribution < 1.29 is 0 Å². The van der Waals surface area contributed by atoms with Crippen molar-refractivity contribution in [1.82, 2.24) is 5.32 Å². The molecule has 2 atom stereocenters. The average Bonchev–Trinajstić information content (AvgIpc) is 3.26. The maximum Gasteiger partial charge on any atom is 0.0172 e. The molecule has 0 spiro atoms. The zero-order valence-electron chi connectivity index (χ0n) is 17.4. The van der Waals surface area contributed by atoms with E-state index in [1.807, 2.05) is 0 Å². The van der Waals surface area contributed by atoms with E-state index < -0.39 is 0 Å². The molecule has 0 heterocycles. The molecule has 24 heavy (non-hydrogen) atoms. The Labute approximate surface area is 152 Å². The lowest BCUT2D eigenvalue weighted by molar-refractivity contribution is 0.210. The summed E-state index contributed by atoms with van der Waals surface area (Å²) in [4.78, 5) is 0. The van der Waals surface area contributed by atoms with E-state index in [9.17, 15) is 0 Å². The minimum Gasteiger partial charge on any atom is -0.388 e. The summed E-state index contributed by atoms with van der Waals surface area (Å²) < 4.78 is 0. The minimum atomic E-state index is 0.341. The van der Waals surface area contributed by atoms with Crippen molar-refractivity contribution in [2.24, 2.45) is 28.6 Å². The van der Waals surface area contributed by atoms with Gasteiger partial charge >= 0.3 is 0 Å². The maximum absolute atomic E-state index is 4.43. The van der Waals surface area contributed by atoms with Gasteiger partial charge in [0.1, 0.15) is 0 Å². The highest BCUT2D eigenvalue weighted by molar-refractivity contribution is 5.02. The van der Waals surface area contributed by atoms with Gasteiger partial charge in [-0.05, 0) is 67.1 Å². The van der Waals surface area contributed by atoms with Gasteiger partial charge < -0.3 is 5.32 Å². The summed E-state index contributed by atoms with van der Waals surface area (Å²) in [5.41, 5.74) is 2.04. The summed E-state index contributed by atoms with van der Waals surface area (Å²) in [6.07, 6.45) is 11.0. The van der Waals surface area contributed by atoms with E-state index in [0.29, 0.717) is 22.7 Å². The first-order chi connectivity index (χ1) is 11.1. The van der Waals surface area contributed by atoms with E-state index in [4.69, 9.17) is 0 Å². The lowest BCUT2D eigenvalue weighted by atomic mass is 9.73. The quantitative estimate of drug-likeness (QED) is 0.381. The maximum atomic E-state index is 4.43. The molecule has 1 N–H and O–H groups in total. The second-order valence-electron chi connectivity index (χ2n) is 10.2. The highest BCUT2D eigenvalue weighted by atomic mass is 14.9. The Kier molecular flexibility index (Phi) is 8.09. The molecule has 1 rings (SSSR count). The Bertz CT molecular complexity index is 395. The van der Waals surface area contributed by atoms with Gasteiger partial charge in [0.25, 0.3) is 0 Å². The molecular formula is C23H43N. The topological polar surface area (TPSA) is 12.0 Å². The van der Waals surface area contributed by atoms with E-state index in [2.05, 4.69) is 66.1 Å². The Morgan fingerprint density at radius 1 is 1.17 bits per heavy atom. The number of rotatable bonds is 12. The summed E-state index contributed by atoms with van der Waals surface area (Å²) in [5, 5.41) is 3.67. The third-order valence-corrected chi connectivity index (χ3v) is 5.58. The summed E-state index contributed by atoms with van der Waals surface area (Å²) in [6.45, 7) is 23.8. The highest BCUT2D eigenvalue weighted by Gasteiger charge is 2.28. The fourth-order valence-electron chi connectivity index (χ4n) is 3.66. The molecule has 2 unspecified atom stereocenters. The van der Waals surface area contributed by atoms with E-state index in [0.717, 1.165) is 18.9 Å². The largest absolute Gasteiger partial charge is 0.388 e. The van der Waals surface area contributed by atoms with Crippen LogP contribution in [0.25, 0.3) is 0 Å². The van der Waals surface area contributed by atoms with Gasteiger partial charge in [-0.15, -0.1) is 6.58 Å². The summed E-state index contributed by atoms with van der Waals surface area (Å²) >= 11 is 0. The molecule has 1 saturated carbocycles. The fraction of sp³-hybridized carbons (Fsp3) is 0.826. The molecule has 1 heteroatoms. The molecule has 0 aromatic rings. The standard InChI is InChI=1S/C23H43N/c1-9-11-20(15-23(7,8)10-2)14-21(16-22(4,5)6)18(3)24-17-19-12-13-19/h9,19-21,24H,1,3,10-17H2,2,4-8H3. The molecule has 140 valence electrons. The van der Waals surface area contributed by atoms with Crippen LogP contribution in [-0.2, 0) is 0 Å². The summed E-state index contributed by atoms with van der Waals surface area (Å²) in [5.74, 6) is 2.19. The summed E-state index contributed by atoms with van der Waals surface area (Å²) in [6, 6.07) is 0. The van der Waals surface area contributed by atoms with Crippen LogP contribution >= 0.6 is 0 Å². The zero-order valence-corrected chi connectivity index (χ0v) is 17.4. The average molecular weight is 334 g/mol. The third kappa shape index (κ3) is 8.94.